The van der Waals surface area contributed by atoms with Gasteiger partial charge < -0.3 is 14.6 Å². The van der Waals surface area contributed by atoms with Crippen LogP contribution in [-0.4, -0.2) is 29.5 Å². The fourth-order valence-corrected chi connectivity index (χ4v) is 3.65. The van der Waals surface area contributed by atoms with Crippen molar-refractivity contribution in [3.8, 4) is 0 Å². The number of benzene rings is 2. The SMILES string of the molecule is Cc1[nH]c2ccc(C(=O)O[C@@H](C)C(=O)N3CCc4ccccc43)cc2c1C. The number of anilines is 1. The molecule has 5 nitrogen and oxygen atoms in total. The summed E-state index contributed by atoms with van der Waals surface area (Å²) in [7, 11) is 0. The van der Waals surface area contributed by atoms with Gasteiger partial charge in [-0.2, -0.15) is 0 Å². The molecular weight excluding hydrogens is 340 g/mol. The Bertz CT molecular complexity index is 1050. The number of aryl methyl sites for hydroxylation is 2. The molecule has 4 rings (SSSR count). The average molecular weight is 362 g/mol. The number of nitrogens with zero attached hydrogens (tertiary/aromatic N) is 1. The van der Waals surface area contributed by atoms with Crippen LogP contribution in [0.15, 0.2) is 42.5 Å². The van der Waals surface area contributed by atoms with Crippen molar-refractivity contribution < 1.29 is 14.3 Å². The number of carbonyl (C=O) groups excluding carboxylic acids is 2. The van der Waals surface area contributed by atoms with Crippen LogP contribution in [0.4, 0.5) is 5.69 Å². The molecule has 5 heteroatoms. The maximum absolute atomic E-state index is 12.8. The van der Waals surface area contributed by atoms with Gasteiger partial charge in [0.1, 0.15) is 0 Å². The van der Waals surface area contributed by atoms with Crippen LogP contribution in [0.5, 0.6) is 0 Å². The molecule has 1 aromatic heterocycles. The third kappa shape index (κ3) is 2.99. The quantitative estimate of drug-likeness (QED) is 0.719. The summed E-state index contributed by atoms with van der Waals surface area (Å²) >= 11 is 0. The van der Waals surface area contributed by atoms with Gasteiger partial charge >= 0.3 is 5.97 Å². The lowest BCUT2D eigenvalue weighted by Crippen LogP contribution is -2.39. The van der Waals surface area contributed by atoms with E-state index >= 15 is 0 Å². The minimum atomic E-state index is -0.839. The van der Waals surface area contributed by atoms with Crippen LogP contribution in [0.1, 0.15) is 34.1 Å². The van der Waals surface area contributed by atoms with E-state index in [0.717, 1.165) is 39.8 Å². The number of rotatable bonds is 3. The van der Waals surface area contributed by atoms with Crippen molar-refractivity contribution in [3.05, 3.63) is 64.8 Å². The molecule has 0 unspecified atom stereocenters. The number of aromatic amines is 1. The van der Waals surface area contributed by atoms with Crippen molar-refractivity contribution in [1.82, 2.24) is 4.98 Å². The third-order valence-electron chi connectivity index (χ3n) is 5.33. The zero-order valence-corrected chi connectivity index (χ0v) is 15.7. The number of fused-ring (bicyclic) bond motifs is 2. The van der Waals surface area contributed by atoms with E-state index in [4.69, 9.17) is 4.74 Å². The van der Waals surface area contributed by atoms with Gasteiger partial charge in [0, 0.05) is 28.8 Å². The van der Waals surface area contributed by atoms with Crippen molar-refractivity contribution in [2.75, 3.05) is 11.4 Å². The second-order valence-corrected chi connectivity index (χ2v) is 7.05. The predicted octanol–water partition coefficient (Wildman–Crippen LogP) is 3.92. The first-order chi connectivity index (χ1) is 13.0. The summed E-state index contributed by atoms with van der Waals surface area (Å²) in [5, 5.41) is 0.995. The number of nitrogens with one attached hydrogen (secondary N) is 1. The van der Waals surface area contributed by atoms with Gasteiger partial charge in [-0.3, -0.25) is 4.79 Å². The molecule has 2 heterocycles. The molecule has 0 aliphatic carbocycles. The van der Waals surface area contributed by atoms with E-state index in [1.807, 2.05) is 50.2 Å². The number of hydrogen-bond donors (Lipinski definition) is 1. The fraction of sp³-hybridized carbons (Fsp3) is 0.273. The van der Waals surface area contributed by atoms with E-state index in [1.165, 1.54) is 0 Å². The number of ether oxygens (including phenoxy) is 1. The molecule has 0 spiro atoms. The molecule has 1 amide bonds. The first-order valence-electron chi connectivity index (χ1n) is 9.15. The molecule has 2 aromatic carbocycles. The minimum Gasteiger partial charge on any atom is -0.449 e. The highest BCUT2D eigenvalue weighted by atomic mass is 16.5. The number of para-hydroxylation sites is 1. The monoisotopic (exact) mass is 362 g/mol. The van der Waals surface area contributed by atoms with Crippen molar-refractivity contribution in [2.45, 2.75) is 33.3 Å². The molecule has 1 aliphatic heterocycles. The summed E-state index contributed by atoms with van der Waals surface area (Å²) in [6.45, 7) is 6.27. The van der Waals surface area contributed by atoms with Crippen LogP contribution in [0.3, 0.4) is 0 Å². The number of H-pyrrole nitrogens is 1. The number of esters is 1. The van der Waals surface area contributed by atoms with E-state index in [0.29, 0.717) is 12.1 Å². The van der Waals surface area contributed by atoms with Gasteiger partial charge in [-0.1, -0.05) is 18.2 Å². The molecule has 0 saturated heterocycles. The first-order valence-corrected chi connectivity index (χ1v) is 9.15. The summed E-state index contributed by atoms with van der Waals surface area (Å²) in [4.78, 5) is 30.4. The first kappa shape index (κ1) is 17.3. The fourth-order valence-electron chi connectivity index (χ4n) is 3.65. The lowest BCUT2D eigenvalue weighted by atomic mass is 10.1. The minimum absolute atomic E-state index is 0.192. The Kier molecular flexibility index (Phi) is 4.22. The van der Waals surface area contributed by atoms with Gasteiger partial charge in [-0.15, -0.1) is 0 Å². The standard InChI is InChI=1S/C22H22N2O3/c1-13-14(2)23-19-9-8-17(12-18(13)19)22(26)27-15(3)21(25)24-11-10-16-6-4-5-7-20(16)24/h4-9,12,15,23H,10-11H2,1-3H3/t15-/m0/s1. The highest BCUT2D eigenvalue weighted by Gasteiger charge is 2.30. The van der Waals surface area contributed by atoms with Gasteiger partial charge in [-0.05, 0) is 62.6 Å². The lowest BCUT2D eigenvalue weighted by molar-refractivity contribution is -0.126. The zero-order chi connectivity index (χ0) is 19.1. The summed E-state index contributed by atoms with van der Waals surface area (Å²) in [6.07, 6.45) is -0.0147. The number of aromatic nitrogens is 1. The van der Waals surface area contributed by atoms with Crippen LogP contribution in [0.25, 0.3) is 10.9 Å². The molecule has 1 aliphatic rings. The predicted molar refractivity (Wildman–Crippen MR) is 105 cm³/mol. The van der Waals surface area contributed by atoms with E-state index < -0.39 is 12.1 Å². The van der Waals surface area contributed by atoms with Crippen molar-refractivity contribution in [1.29, 1.82) is 0 Å². The van der Waals surface area contributed by atoms with Gasteiger partial charge in [0.2, 0.25) is 0 Å². The summed E-state index contributed by atoms with van der Waals surface area (Å²) < 4.78 is 5.48. The number of hydrogen-bond acceptors (Lipinski definition) is 3. The second-order valence-electron chi connectivity index (χ2n) is 7.05. The van der Waals surface area contributed by atoms with Crippen LogP contribution >= 0.6 is 0 Å². The Morgan fingerprint density at radius 1 is 1.15 bits per heavy atom. The normalized spacial score (nSPS) is 14.3. The summed E-state index contributed by atoms with van der Waals surface area (Å²) in [5.41, 5.74) is 5.67. The van der Waals surface area contributed by atoms with E-state index in [9.17, 15) is 9.59 Å². The average Bonchev–Trinajstić information content (AvgIpc) is 3.22. The Morgan fingerprint density at radius 2 is 1.93 bits per heavy atom. The van der Waals surface area contributed by atoms with Gasteiger partial charge in [-0.25, -0.2) is 4.79 Å². The molecule has 3 aromatic rings. The van der Waals surface area contributed by atoms with Crippen molar-refractivity contribution >= 4 is 28.5 Å². The van der Waals surface area contributed by atoms with E-state index in [2.05, 4.69) is 4.98 Å². The molecule has 138 valence electrons. The third-order valence-corrected chi connectivity index (χ3v) is 5.33. The zero-order valence-electron chi connectivity index (χ0n) is 15.7. The molecule has 1 N–H and O–H groups in total. The molecular formula is C22H22N2O3. The largest absolute Gasteiger partial charge is 0.449 e. The summed E-state index contributed by atoms with van der Waals surface area (Å²) in [5.74, 6) is -0.675. The Morgan fingerprint density at radius 3 is 2.74 bits per heavy atom. The highest BCUT2D eigenvalue weighted by molar-refractivity contribution is 6.01. The van der Waals surface area contributed by atoms with Crippen LogP contribution < -0.4 is 4.90 Å². The number of carbonyl (C=O) groups is 2. The van der Waals surface area contributed by atoms with Crippen molar-refractivity contribution in [3.63, 3.8) is 0 Å². The topological polar surface area (TPSA) is 62.4 Å². The van der Waals surface area contributed by atoms with E-state index in [-0.39, 0.29) is 5.91 Å². The molecule has 0 saturated carbocycles. The van der Waals surface area contributed by atoms with E-state index in [1.54, 1.807) is 17.9 Å². The molecule has 0 fully saturated rings. The van der Waals surface area contributed by atoms with Crippen LogP contribution in [-0.2, 0) is 16.0 Å². The molecule has 0 radical (unpaired) electrons. The smallest absolute Gasteiger partial charge is 0.338 e. The highest BCUT2D eigenvalue weighted by Crippen LogP contribution is 2.28. The molecule has 27 heavy (non-hydrogen) atoms. The Labute approximate surface area is 157 Å². The Hall–Kier alpha value is -3.08. The second kappa shape index (κ2) is 6.58. The molecule has 1 atom stereocenters. The van der Waals surface area contributed by atoms with Gasteiger partial charge in [0.05, 0.1) is 5.56 Å². The molecule has 0 bridgehead atoms. The maximum Gasteiger partial charge on any atom is 0.338 e. The van der Waals surface area contributed by atoms with Gasteiger partial charge in [0.25, 0.3) is 5.91 Å². The van der Waals surface area contributed by atoms with Gasteiger partial charge in [0.15, 0.2) is 6.10 Å². The van der Waals surface area contributed by atoms with Crippen LogP contribution in [0.2, 0.25) is 0 Å². The maximum atomic E-state index is 12.8. The summed E-state index contributed by atoms with van der Waals surface area (Å²) in [6, 6.07) is 13.3. The van der Waals surface area contributed by atoms with Crippen LogP contribution in [0, 0.1) is 13.8 Å². The number of amides is 1. The van der Waals surface area contributed by atoms with Crippen molar-refractivity contribution in [2.24, 2.45) is 0 Å². The Balaban J connectivity index is 1.51. The lowest BCUT2D eigenvalue weighted by Gasteiger charge is -2.21.